The molecule has 4 heteroatoms. The van der Waals surface area contributed by atoms with E-state index in [4.69, 9.17) is 14.5 Å². The molecule has 25 heavy (non-hydrogen) atoms. The fraction of sp³-hybridized carbons (Fsp3) is 0.0952. The number of aromatic nitrogens is 2. The highest BCUT2D eigenvalue weighted by Gasteiger charge is 2.16. The van der Waals surface area contributed by atoms with E-state index in [9.17, 15) is 0 Å². The van der Waals surface area contributed by atoms with Crippen molar-refractivity contribution in [2.75, 3.05) is 14.2 Å². The fourth-order valence-electron chi connectivity index (χ4n) is 2.99. The van der Waals surface area contributed by atoms with E-state index in [0.29, 0.717) is 0 Å². The number of hydrogen-bond donors (Lipinski definition) is 0. The highest BCUT2D eigenvalue weighted by atomic mass is 16.5. The summed E-state index contributed by atoms with van der Waals surface area (Å²) >= 11 is 0. The van der Waals surface area contributed by atoms with Gasteiger partial charge in [0.05, 0.1) is 25.6 Å². The summed E-state index contributed by atoms with van der Waals surface area (Å²) in [7, 11) is 3.35. The molecule has 2 heterocycles. The molecule has 0 fully saturated rings. The summed E-state index contributed by atoms with van der Waals surface area (Å²) in [5.74, 6) is 1.65. The number of rotatable bonds is 4. The van der Waals surface area contributed by atoms with Crippen LogP contribution < -0.4 is 9.47 Å². The predicted octanol–water partition coefficient (Wildman–Crippen LogP) is 4.69. The molecule has 2 aromatic carbocycles. The van der Waals surface area contributed by atoms with Gasteiger partial charge < -0.3 is 9.47 Å². The minimum Gasteiger partial charge on any atom is -0.497 e. The van der Waals surface area contributed by atoms with Crippen LogP contribution in [0.5, 0.6) is 11.5 Å². The maximum Gasteiger partial charge on any atom is 0.137 e. The van der Waals surface area contributed by atoms with E-state index in [1.165, 1.54) is 0 Å². The van der Waals surface area contributed by atoms with Crippen molar-refractivity contribution in [3.05, 3.63) is 72.9 Å². The standard InChI is InChI=1S/C21H18N2O2/c1-24-17-11-9-15(10-12-17)20-21(16-6-5-7-18(14-16)25-2)23-13-4-3-8-19(23)22-20/h3-14H,1-2H3. The number of imidazole rings is 1. The van der Waals surface area contributed by atoms with E-state index in [1.54, 1.807) is 14.2 Å². The number of hydrogen-bond acceptors (Lipinski definition) is 3. The first-order chi connectivity index (χ1) is 12.3. The lowest BCUT2D eigenvalue weighted by atomic mass is 10.0. The van der Waals surface area contributed by atoms with Crippen LogP contribution >= 0.6 is 0 Å². The normalized spacial score (nSPS) is 10.8. The van der Waals surface area contributed by atoms with Crippen LogP contribution in [0, 0.1) is 0 Å². The van der Waals surface area contributed by atoms with Crippen molar-refractivity contribution in [2.45, 2.75) is 0 Å². The van der Waals surface area contributed by atoms with Gasteiger partial charge in [-0.15, -0.1) is 0 Å². The molecule has 0 aliphatic heterocycles. The Morgan fingerprint density at radius 3 is 2.32 bits per heavy atom. The van der Waals surface area contributed by atoms with Crippen LogP contribution in [0.25, 0.3) is 28.2 Å². The van der Waals surface area contributed by atoms with Gasteiger partial charge in [-0.05, 0) is 48.5 Å². The molecule has 0 spiro atoms. The molecule has 0 bridgehead atoms. The molecule has 0 atom stereocenters. The van der Waals surface area contributed by atoms with Crippen molar-refractivity contribution < 1.29 is 9.47 Å². The topological polar surface area (TPSA) is 35.8 Å². The van der Waals surface area contributed by atoms with Crippen molar-refractivity contribution in [1.29, 1.82) is 0 Å². The van der Waals surface area contributed by atoms with Gasteiger partial charge >= 0.3 is 0 Å². The monoisotopic (exact) mass is 330 g/mol. The average Bonchev–Trinajstić information content (AvgIpc) is 3.07. The molecule has 0 saturated carbocycles. The summed E-state index contributed by atoms with van der Waals surface area (Å²) in [4.78, 5) is 4.85. The van der Waals surface area contributed by atoms with Gasteiger partial charge in [-0.1, -0.05) is 18.2 Å². The molecule has 0 amide bonds. The SMILES string of the molecule is COc1ccc(-c2nc3ccccn3c2-c2cccc(OC)c2)cc1. The molecule has 0 aliphatic carbocycles. The van der Waals surface area contributed by atoms with E-state index in [-0.39, 0.29) is 0 Å². The summed E-state index contributed by atoms with van der Waals surface area (Å²) in [6.45, 7) is 0. The highest BCUT2D eigenvalue weighted by Crippen LogP contribution is 2.34. The quantitative estimate of drug-likeness (QED) is 0.545. The maximum absolute atomic E-state index is 5.39. The first kappa shape index (κ1) is 15.3. The van der Waals surface area contributed by atoms with E-state index in [2.05, 4.69) is 10.5 Å². The average molecular weight is 330 g/mol. The van der Waals surface area contributed by atoms with Crippen molar-refractivity contribution >= 4 is 5.65 Å². The second-order valence-corrected chi connectivity index (χ2v) is 5.70. The molecule has 0 radical (unpaired) electrons. The smallest absolute Gasteiger partial charge is 0.137 e. The Labute approximate surface area is 146 Å². The maximum atomic E-state index is 5.39. The van der Waals surface area contributed by atoms with Gasteiger partial charge in [0.25, 0.3) is 0 Å². The number of fused-ring (bicyclic) bond motifs is 1. The van der Waals surface area contributed by atoms with Crippen molar-refractivity contribution in [3.63, 3.8) is 0 Å². The van der Waals surface area contributed by atoms with Crippen LogP contribution in [0.1, 0.15) is 0 Å². The van der Waals surface area contributed by atoms with Crippen molar-refractivity contribution in [2.24, 2.45) is 0 Å². The van der Waals surface area contributed by atoms with Crippen molar-refractivity contribution in [1.82, 2.24) is 9.38 Å². The van der Waals surface area contributed by atoms with Crippen LogP contribution in [0.3, 0.4) is 0 Å². The first-order valence-electron chi connectivity index (χ1n) is 8.06. The zero-order valence-corrected chi connectivity index (χ0v) is 14.1. The lowest BCUT2D eigenvalue weighted by molar-refractivity contribution is 0.415. The van der Waals surface area contributed by atoms with Gasteiger partial charge in [0.2, 0.25) is 0 Å². The highest BCUT2D eigenvalue weighted by molar-refractivity contribution is 5.82. The van der Waals surface area contributed by atoms with Crippen LogP contribution in [-0.2, 0) is 0 Å². The Morgan fingerprint density at radius 1 is 0.760 bits per heavy atom. The van der Waals surface area contributed by atoms with Crippen LogP contribution in [-0.4, -0.2) is 23.6 Å². The lowest BCUT2D eigenvalue weighted by Gasteiger charge is -2.08. The van der Waals surface area contributed by atoms with E-state index in [0.717, 1.165) is 39.7 Å². The summed E-state index contributed by atoms with van der Waals surface area (Å²) in [6, 6.07) is 22.0. The van der Waals surface area contributed by atoms with Gasteiger partial charge in [0, 0.05) is 17.3 Å². The molecular formula is C21H18N2O2. The van der Waals surface area contributed by atoms with Crippen molar-refractivity contribution in [3.8, 4) is 34.0 Å². The lowest BCUT2D eigenvalue weighted by Crippen LogP contribution is -1.91. The van der Waals surface area contributed by atoms with E-state index in [1.807, 2.05) is 66.9 Å². The Bertz CT molecular complexity index is 1020. The molecule has 124 valence electrons. The minimum absolute atomic E-state index is 0.823. The largest absolute Gasteiger partial charge is 0.497 e. The summed E-state index contributed by atoms with van der Waals surface area (Å²) in [5, 5.41) is 0. The number of pyridine rings is 1. The summed E-state index contributed by atoms with van der Waals surface area (Å²) < 4.78 is 12.8. The zero-order chi connectivity index (χ0) is 17.2. The van der Waals surface area contributed by atoms with Gasteiger partial charge in [-0.25, -0.2) is 4.98 Å². The first-order valence-corrected chi connectivity index (χ1v) is 8.06. The Hall–Kier alpha value is -3.27. The molecule has 2 aromatic heterocycles. The van der Waals surface area contributed by atoms with E-state index >= 15 is 0 Å². The molecular weight excluding hydrogens is 312 g/mol. The minimum atomic E-state index is 0.823. The fourth-order valence-corrected chi connectivity index (χ4v) is 2.99. The Morgan fingerprint density at radius 2 is 1.56 bits per heavy atom. The number of benzene rings is 2. The third-order valence-corrected chi connectivity index (χ3v) is 4.24. The Kier molecular flexibility index (Phi) is 3.86. The summed E-state index contributed by atoms with van der Waals surface area (Å²) in [5.41, 5.74) is 4.99. The molecule has 0 N–H and O–H groups in total. The van der Waals surface area contributed by atoms with Gasteiger partial charge in [-0.2, -0.15) is 0 Å². The molecule has 0 saturated heterocycles. The van der Waals surface area contributed by atoms with E-state index < -0.39 is 0 Å². The zero-order valence-electron chi connectivity index (χ0n) is 14.1. The number of nitrogens with zero attached hydrogens (tertiary/aromatic N) is 2. The van der Waals surface area contributed by atoms with Gasteiger partial charge in [0.15, 0.2) is 0 Å². The second kappa shape index (κ2) is 6.32. The molecule has 4 aromatic rings. The molecule has 4 nitrogen and oxygen atoms in total. The summed E-state index contributed by atoms with van der Waals surface area (Å²) in [6.07, 6.45) is 2.03. The Balaban J connectivity index is 1.97. The van der Waals surface area contributed by atoms with Gasteiger partial charge in [-0.3, -0.25) is 4.40 Å². The predicted molar refractivity (Wildman–Crippen MR) is 99.2 cm³/mol. The number of ether oxygens (including phenoxy) is 2. The van der Waals surface area contributed by atoms with Gasteiger partial charge in [0.1, 0.15) is 17.1 Å². The molecule has 4 rings (SSSR count). The molecule has 0 aliphatic rings. The third kappa shape index (κ3) is 2.72. The van der Waals surface area contributed by atoms with Crippen LogP contribution in [0.4, 0.5) is 0 Å². The third-order valence-electron chi connectivity index (χ3n) is 4.24. The molecule has 0 unspecified atom stereocenters. The van der Waals surface area contributed by atoms with Crippen LogP contribution in [0.15, 0.2) is 72.9 Å². The van der Waals surface area contributed by atoms with Crippen LogP contribution in [0.2, 0.25) is 0 Å². The number of methoxy groups -OCH3 is 2. The second-order valence-electron chi connectivity index (χ2n) is 5.70.